The average molecular weight is 194 g/mol. The highest BCUT2D eigenvalue weighted by Crippen LogP contribution is 2.23. The van der Waals surface area contributed by atoms with Gasteiger partial charge in [0.1, 0.15) is 0 Å². The van der Waals surface area contributed by atoms with Crippen LogP contribution >= 0.6 is 22.9 Å². The molecule has 0 fully saturated rings. The molecule has 1 aromatic carbocycles. The van der Waals surface area contributed by atoms with Gasteiger partial charge in [-0.1, -0.05) is 23.7 Å². The molecule has 2 rings (SSSR count). The van der Waals surface area contributed by atoms with E-state index in [-0.39, 0.29) is 0 Å². The fraction of sp³-hybridized carbons (Fsp3) is 0. The summed E-state index contributed by atoms with van der Waals surface area (Å²) in [5.74, 6) is 0. The van der Waals surface area contributed by atoms with Crippen LogP contribution in [0.4, 0.5) is 0 Å². The van der Waals surface area contributed by atoms with Crippen molar-refractivity contribution in [1.29, 1.82) is 0 Å². The van der Waals surface area contributed by atoms with Crippen molar-refractivity contribution in [2.75, 3.05) is 0 Å². The molecule has 12 heavy (non-hydrogen) atoms. The molecule has 2 heteroatoms. The van der Waals surface area contributed by atoms with Gasteiger partial charge in [0.25, 0.3) is 0 Å². The Morgan fingerprint density at radius 3 is 2.83 bits per heavy atom. The van der Waals surface area contributed by atoms with Gasteiger partial charge in [0.05, 0.1) is 0 Å². The molecule has 0 spiro atoms. The Kier molecular flexibility index (Phi) is 2.15. The summed E-state index contributed by atoms with van der Waals surface area (Å²) in [4.78, 5) is 0. The molecule has 1 radical (unpaired) electrons. The third-order valence-electron chi connectivity index (χ3n) is 1.62. The maximum Gasteiger partial charge on any atom is 0.0491 e. The van der Waals surface area contributed by atoms with Gasteiger partial charge in [0.2, 0.25) is 0 Å². The van der Waals surface area contributed by atoms with E-state index in [1.54, 1.807) is 11.3 Å². The number of halogens is 1. The minimum Gasteiger partial charge on any atom is -0.152 e. The van der Waals surface area contributed by atoms with Gasteiger partial charge in [-0.25, -0.2) is 0 Å². The first-order valence-corrected chi connectivity index (χ1v) is 4.88. The van der Waals surface area contributed by atoms with Crippen LogP contribution in [0.3, 0.4) is 0 Å². The summed E-state index contributed by atoms with van der Waals surface area (Å²) in [7, 11) is 0. The van der Waals surface area contributed by atoms with Crippen LogP contribution in [-0.2, 0) is 0 Å². The molecule has 0 saturated carbocycles. The standard InChI is InChI=1S/C10H6ClS/c11-10-3-1-2-8(6-10)9-4-5-12-7-9/h1-2,4-7H. The van der Waals surface area contributed by atoms with Crippen LogP contribution in [0.25, 0.3) is 11.1 Å². The summed E-state index contributed by atoms with van der Waals surface area (Å²) in [6, 6.07) is 10.8. The molecular formula is C10H6ClS. The number of thiophene rings is 1. The van der Waals surface area contributed by atoms with E-state index in [1.807, 2.05) is 18.2 Å². The van der Waals surface area contributed by atoms with Crippen LogP contribution in [0, 0.1) is 6.07 Å². The molecule has 1 aromatic heterocycles. The number of hydrogen-bond acceptors (Lipinski definition) is 1. The quantitative estimate of drug-likeness (QED) is 0.645. The zero-order valence-electron chi connectivity index (χ0n) is 6.25. The lowest BCUT2D eigenvalue weighted by Gasteiger charge is -1.96. The lowest BCUT2D eigenvalue weighted by molar-refractivity contribution is 1.66. The van der Waals surface area contributed by atoms with Crippen molar-refractivity contribution in [2.45, 2.75) is 0 Å². The predicted octanol–water partition coefficient (Wildman–Crippen LogP) is 3.87. The van der Waals surface area contributed by atoms with E-state index in [0.717, 1.165) is 5.56 Å². The van der Waals surface area contributed by atoms with Crippen LogP contribution in [0.2, 0.25) is 5.02 Å². The summed E-state index contributed by atoms with van der Waals surface area (Å²) in [6.45, 7) is 0. The van der Waals surface area contributed by atoms with E-state index in [9.17, 15) is 0 Å². The van der Waals surface area contributed by atoms with Crippen molar-refractivity contribution < 1.29 is 0 Å². The maximum atomic E-state index is 5.81. The lowest BCUT2D eigenvalue weighted by Crippen LogP contribution is -1.72. The second-order valence-electron chi connectivity index (χ2n) is 2.44. The molecule has 0 amide bonds. The van der Waals surface area contributed by atoms with Gasteiger partial charge in [-0.05, 0) is 34.0 Å². The van der Waals surface area contributed by atoms with E-state index in [2.05, 4.69) is 22.9 Å². The SMILES string of the molecule is Clc1[c]ccc(-c2ccsc2)c1. The van der Waals surface area contributed by atoms with Crippen LogP contribution in [0.15, 0.2) is 35.0 Å². The minimum absolute atomic E-state index is 0.665. The molecule has 0 atom stereocenters. The Balaban J connectivity index is 2.48. The van der Waals surface area contributed by atoms with Gasteiger partial charge in [0.15, 0.2) is 0 Å². The van der Waals surface area contributed by atoms with Crippen molar-refractivity contribution >= 4 is 22.9 Å². The summed E-state index contributed by atoms with van der Waals surface area (Å²) in [5.41, 5.74) is 2.37. The monoisotopic (exact) mass is 193 g/mol. The number of rotatable bonds is 1. The number of benzene rings is 1. The molecule has 2 aromatic rings. The predicted molar refractivity (Wildman–Crippen MR) is 53.6 cm³/mol. The highest BCUT2D eigenvalue weighted by atomic mass is 35.5. The van der Waals surface area contributed by atoms with E-state index >= 15 is 0 Å². The molecule has 59 valence electrons. The first kappa shape index (κ1) is 7.84. The molecule has 0 N–H and O–H groups in total. The molecule has 1 heterocycles. The fourth-order valence-electron chi connectivity index (χ4n) is 1.05. The molecule has 0 aliphatic rings. The normalized spacial score (nSPS) is 10.1. The van der Waals surface area contributed by atoms with E-state index in [0.29, 0.717) is 5.02 Å². The summed E-state index contributed by atoms with van der Waals surface area (Å²) < 4.78 is 0. The highest BCUT2D eigenvalue weighted by Gasteiger charge is 1.97. The van der Waals surface area contributed by atoms with E-state index < -0.39 is 0 Å². The van der Waals surface area contributed by atoms with Gasteiger partial charge in [0, 0.05) is 11.1 Å². The maximum absolute atomic E-state index is 5.81. The molecule has 0 saturated heterocycles. The van der Waals surface area contributed by atoms with Crippen molar-refractivity contribution in [3.63, 3.8) is 0 Å². The smallest absolute Gasteiger partial charge is 0.0491 e. The molecule has 0 unspecified atom stereocenters. The van der Waals surface area contributed by atoms with Crippen molar-refractivity contribution in [2.24, 2.45) is 0 Å². The Morgan fingerprint density at radius 1 is 1.25 bits per heavy atom. The lowest BCUT2D eigenvalue weighted by atomic mass is 10.1. The van der Waals surface area contributed by atoms with Crippen molar-refractivity contribution in [3.05, 3.63) is 46.1 Å². The van der Waals surface area contributed by atoms with Gasteiger partial charge < -0.3 is 0 Å². The Morgan fingerprint density at radius 2 is 2.17 bits per heavy atom. The number of hydrogen-bond donors (Lipinski definition) is 0. The largest absolute Gasteiger partial charge is 0.152 e. The van der Waals surface area contributed by atoms with E-state index in [4.69, 9.17) is 11.6 Å². The van der Waals surface area contributed by atoms with Crippen LogP contribution in [0.1, 0.15) is 0 Å². The molecule has 0 nitrogen and oxygen atoms in total. The Bertz CT molecular complexity index is 365. The molecule has 0 aliphatic carbocycles. The third-order valence-corrected chi connectivity index (χ3v) is 2.52. The molecule has 0 bridgehead atoms. The second-order valence-corrected chi connectivity index (χ2v) is 3.62. The second kappa shape index (κ2) is 3.30. The van der Waals surface area contributed by atoms with Crippen molar-refractivity contribution in [1.82, 2.24) is 0 Å². The summed E-state index contributed by atoms with van der Waals surface area (Å²) in [5, 5.41) is 4.82. The average Bonchev–Trinajstić information content (AvgIpc) is 2.56. The Hall–Kier alpha value is -0.790. The van der Waals surface area contributed by atoms with Crippen LogP contribution in [-0.4, -0.2) is 0 Å². The minimum atomic E-state index is 0.665. The summed E-state index contributed by atoms with van der Waals surface area (Å²) in [6.07, 6.45) is 0. The molecule has 0 aliphatic heterocycles. The van der Waals surface area contributed by atoms with Gasteiger partial charge in [-0.15, -0.1) is 0 Å². The van der Waals surface area contributed by atoms with Crippen LogP contribution < -0.4 is 0 Å². The van der Waals surface area contributed by atoms with Gasteiger partial charge in [-0.3, -0.25) is 0 Å². The molecular weight excluding hydrogens is 188 g/mol. The fourth-order valence-corrected chi connectivity index (χ4v) is 1.89. The van der Waals surface area contributed by atoms with Crippen LogP contribution in [0.5, 0.6) is 0 Å². The zero-order chi connectivity index (χ0) is 8.39. The summed E-state index contributed by atoms with van der Waals surface area (Å²) >= 11 is 7.50. The zero-order valence-corrected chi connectivity index (χ0v) is 7.82. The topological polar surface area (TPSA) is 0 Å². The Labute approximate surface area is 80.4 Å². The van der Waals surface area contributed by atoms with Gasteiger partial charge in [-0.2, -0.15) is 11.3 Å². The van der Waals surface area contributed by atoms with E-state index in [1.165, 1.54) is 5.56 Å². The first-order valence-electron chi connectivity index (χ1n) is 3.56. The third kappa shape index (κ3) is 1.52. The highest BCUT2D eigenvalue weighted by molar-refractivity contribution is 7.08. The van der Waals surface area contributed by atoms with Gasteiger partial charge >= 0.3 is 0 Å². The van der Waals surface area contributed by atoms with Crippen molar-refractivity contribution in [3.8, 4) is 11.1 Å². The first-order chi connectivity index (χ1) is 5.86.